The molecule has 2 aliphatic rings. The minimum absolute atomic E-state index is 0.250. The Labute approximate surface area is 148 Å². The van der Waals surface area contributed by atoms with Crippen LogP contribution in [0.1, 0.15) is 12.0 Å². The van der Waals surface area contributed by atoms with Crippen molar-refractivity contribution in [2.45, 2.75) is 23.5 Å². The molecule has 2 aliphatic heterocycles. The van der Waals surface area contributed by atoms with E-state index in [1.54, 1.807) is 31.4 Å². The summed E-state index contributed by atoms with van der Waals surface area (Å²) < 4.78 is 33.2. The molecule has 0 unspecified atom stereocenters. The molecule has 0 radical (unpaired) electrons. The Morgan fingerprint density at radius 3 is 2.84 bits per heavy atom. The maximum Gasteiger partial charge on any atom is 0.246 e. The first-order valence-electron chi connectivity index (χ1n) is 8.34. The van der Waals surface area contributed by atoms with Crippen LogP contribution < -0.4 is 4.74 Å². The summed E-state index contributed by atoms with van der Waals surface area (Å²) in [6.45, 7) is 2.70. The van der Waals surface area contributed by atoms with Crippen molar-refractivity contribution in [1.82, 2.24) is 14.2 Å². The molecule has 0 N–H and O–H groups in total. The summed E-state index contributed by atoms with van der Waals surface area (Å²) in [7, 11) is -1.89. The Morgan fingerprint density at radius 2 is 2.04 bits per heavy atom. The van der Waals surface area contributed by atoms with Gasteiger partial charge in [0.25, 0.3) is 0 Å². The Balaban J connectivity index is 1.61. The van der Waals surface area contributed by atoms with E-state index in [4.69, 9.17) is 4.74 Å². The van der Waals surface area contributed by atoms with E-state index in [0.717, 1.165) is 25.1 Å². The number of rotatable bonds is 2. The molecule has 1 spiro atoms. The summed E-state index contributed by atoms with van der Waals surface area (Å²) in [5.41, 5.74) is 0.630. The number of likely N-dealkylation sites (tertiary alicyclic amines) is 1. The van der Waals surface area contributed by atoms with Crippen LogP contribution in [0.25, 0.3) is 0 Å². The normalized spacial score (nSPS) is 26.1. The third-order valence-corrected chi connectivity index (χ3v) is 6.74. The number of fused-ring (bicyclic) bond motifs is 1. The van der Waals surface area contributed by atoms with Crippen LogP contribution in [0.3, 0.4) is 0 Å². The lowest BCUT2D eigenvalue weighted by atomic mass is 10.0. The fraction of sp³-hybridized carbons (Fsp3) is 0.389. The van der Waals surface area contributed by atoms with Crippen molar-refractivity contribution >= 4 is 10.0 Å². The van der Waals surface area contributed by atoms with Crippen molar-refractivity contribution in [3.05, 3.63) is 54.4 Å². The highest BCUT2D eigenvalue weighted by atomic mass is 32.2. The first-order chi connectivity index (χ1) is 12.0. The number of para-hydroxylation sites is 1. The highest BCUT2D eigenvalue weighted by Crippen LogP contribution is 2.37. The van der Waals surface area contributed by atoms with Gasteiger partial charge in [0.15, 0.2) is 0 Å². The van der Waals surface area contributed by atoms with Gasteiger partial charge in [0.2, 0.25) is 10.0 Å². The van der Waals surface area contributed by atoms with Gasteiger partial charge < -0.3 is 4.74 Å². The molecule has 1 saturated heterocycles. The number of sulfonamides is 1. The van der Waals surface area contributed by atoms with Crippen molar-refractivity contribution in [2.24, 2.45) is 0 Å². The predicted molar refractivity (Wildman–Crippen MR) is 93.7 cm³/mol. The Kier molecular flexibility index (Phi) is 4.02. The molecule has 4 rings (SSSR count). The van der Waals surface area contributed by atoms with Crippen LogP contribution in [-0.4, -0.2) is 54.9 Å². The minimum Gasteiger partial charge on any atom is -0.483 e. The lowest BCUT2D eigenvalue weighted by Gasteiger charge is -2.30. The maximum atomic E-state index is 12.8. The van der Waals surface area contributed by atoms with Crippen LogP contribution >= 0.6 is 0 Å². The Hall–Kier alpha value is -1.96. The first kappa shape index (κ1) is 16.5. The van der Waals surface area contributed by atoms with Crippen LogP contribution in [0.4, 0.5) is 0 Å². The van der Waals surface area contributed by atoms with Gasteiger partial charge >= 0.3 is 0 Å². The molecule has 0 amide bonds. The van der Waals surface area contributed by atoms with Gasteiger partial charge in [0.05, 0.1) is 6.54 Å². The zero-order chi connectivity index (χ0) is 17.5. The van der Waals surface area contributed by atoms with E-state index in [9.17, 15) is 8.42 Å². The first-order valence-corrected chi connectivity index (χ1v) is 9.78. The molecule has 25 heavy (non-hydrogen) atoms. The standard InChI is InChI=1S/C18H21N3O3S/c1-20-13-18(24-16-6-2-3-7-17(16)25(20,22)23)8-10-21(14-18)12-15-5-4-9-19-11-15/h2-7,9,11H,8,10,12-14H2,1H3/t18-/m1/s1. The number of likely N-dealkylation sites (N-methyl/N-ethyl adjacent to an activating group) is 1. The molecular weight excluding hydrogens is 338 g/mol. The van der Waals surface area contributed by atoms with E-state index < -0.39 is 15.6 Å². The topological polar surface area (TPSA) is 62.7 Å². The SMILES string of the molecule is CN1C[C@@]2(CCN(Cc3cccnc3)C2)Oc2ccccc2S1(=O)=O. The number of hydrogen-bond acceptors (Lipinski definition) is 5. The summed E-state index contributed by atoms with van der Waals surface area (Å²) in [6, 6.07) is 10.9. The van der Waals surface area contributed by atoms with Gasteiger partial charge in [-0.15, -0.1) is 0 Å². The Bertz CT molecular complexity index is 872. The molecule has 7 heteroatoms. The molecule has 1 aromatic carbocycles. The number of aromatic nitrogens is 1. The zero-order valence-corrected chi connectivity index (χ0v) is 14.9. The smallest absolute Gasteiger partial charge is 0.246 e. The molecule has 3 heterocycles. The minimum atomic E-state index is -3.52. The van der Waals surface area contributed by atoms with Gasteiger partial charge in [-0.1, -0.05) is 18.2 Å². The quantitative estimate of drug-likeness (QED) is 0.817. The molecule has 132 valence electrons. The predicted octanol–water partition coefficient (Wildman–Crippen LogP) is 1.74. The number of ether oxygens (including phenoxy) is 1. The van der Waals surface area contributed by atoms with Gasteiger partial charge in [0, 0.05) is 45.5 Å². The summed E-state index contributed by atoms with van der Waals surface area (Å²) >= 11 is 0. The number of nitrogens with zero attached hydrogens (tertiary/aromatic N) is 3. The van der Waals surface area contributed by atoms with Crippen LogP contribution in [0, 0.1) is 0 Å². The van der Waals surface area contributed by atoms with Crippen molar-refractivity contribution in [1.29, 1.82) is 0 Å². The van der Waals surface area contributed by atoms with Gasteiger partial charge in [-0.2, -0.15) is 4.31 Å². The molecule has 1 atom stereocenters. The maximum absolute atomic E-state index is 12.8. The van der Waals surface area contributed by atoms with Crippen molar-refractivity contribution in [3.63, 3.8) is 0 Å². The third kappa shape index (κ3) is 3.03. The number of pyridine rings is 1. The van der Waals surface area contributed by atoms with Gasteiger partial charge in [-0.25, -0.2) is 8.42 Å². The third-order valence-electron chi connectivity index (χ3n) is 4.90. The molecule has 2 aromatic rings. The summed E-state index contributed by atoms with van der Waals surface area (Å²) in [6.07, 6.45) is 4.42. The average molecular weight is 359 g/mol. The molecule has 0 saturated carbocycles. The number of benzene rings is 1. The van der Waals surface area contributed by atoms with Gasteiger partial charge in [0.1, 0.15) is 16.2 Å². The lowest BCUT2D eigenvalue weighted by molar-refractivity contribution is 0.0623. The fourth-order valence-corrected chi connectivity index (χ4v) is 5.05. The second-order valence-corrected chi connectivity index (χ2v) is 8.83. The molecule has 1 aromatic heterocycles. The van der Waals surface area contributed by atoms with Crippen molar-refractivity contribution in [3.8, 4) is 5.75 Å². The highest BCUT2D eigenvalue weighted by Gasteiger charge is 2.46. The lowest BCUT2D eigenvalue weighted by Crippen LogP contribution is -2.47. The molecule has 0 bridgehead atoms. The van der Waals surface area contributed by atoms with E-state index in [1.165, 1.54) is 4.31 Å². The summed E-state index contributed by atoms with van der Waals surface area (Å²) in [5.74, 6) is 0.454. The fourth-order valence-electron chi connectivity index (χ4n) is 3.70. The van der Waals surface area contributed by atoms with Crippen LogP contribution in [-0.2, 0) is 16.6 Å². The van der Waals surface area contributed by atoms with Crippen molar-refractivity contribution in [2.75, 3.05) is 26.7 Å². The zero-order valence-electron chi connectivity index (χ0n) is 14.1. The summed E-state index contributed by atoms with van der Waals surface area (Å²) in [4.78, 5) is 6.71. The second kappa shape index (κ2) is 6.09. The van der Waals surface area contributed by atoms with E-state index in [1.807, 2.05) is 18.3 Å². The van der Waals surface area contributed by atoms with Gasteiger partial charge in [-0.3, -0.25) is 9.88 Å². The van der Waals surface area contributed by atoms with Crippen LogP contribution in [0.15, 0.2) is 53.7 Å². The average Bonchev–Trinajstić information content (AvgIpc) is 2.94. The van der Waals surface area contributed by atoms with Crippen LogP contribution in [0.5, 0.6) is 5.75 Å². The van der Waals surface area contributed by atoms with Gasteiger partial charge in [-0.05, 0) is 23.8 Å². The molecule has 1 fully saturated rings. The second-order valence-electron chi connectivity index (χ2n) is 6.81. The number of hydrogen-bond donors (Lipinski definition) is 0. The van der Waals surface area contributed by atoms with Crippen LogP contribution in [0.2, 0.25) is 0 Å². The molecule has 6 nitrogen and oxygen atoms in total. The van der Waals surface area contributed by atoms with Crippen molar-refractivity contribution < 1.29 is 13.2 Å². The van der Waals surface area contributed by atoms with E-state index in [2.05, 4.69) is 16.0 Å². The van der Waals surface area contributed by atoms with E-state index >= 15 is 0 Å². The molecular formula is C18H21N3O3S. The highest BCUT2D eigenvalue weighted by molar-refractivity contribution is 7.89. The monoisotopic (exact) mass is 359 g/mol. The Morgan fingerprint density at radius 1 is 1.20 bits per heavy atom. The van der Waals surface area contributed by atoms with E-state index in [-0.39, 0.29) is 4.90 Å². The molecule has 0 aliphatic carbocycles. The largest absolute Gasteiger partial charge is 0.483 e. The van der Waals surface area contributed by atoms with E-state index in [0.29, 0.717) is 18.8 Å². The summed E-state index contributed by atoms with van der Waals surface area (Å²) in [5, 5.41) is 0.